The first-order chi connectivity index (χ1) is 9.13. The van der Waals surface area contributed by atoms with E-state index in [1.807, 2.05) is 19.1 Å². The van der Waals surface area contributed by atoms with E-state index in [2.05, 4.69) is 26.1 Å². The van der Waals surface area contributed by atoms with E-state index in [0.29, 0.717) is 11.7 Å². The van der Waals surface area contributed by atoms with E-state index in [1.165, 1.54) is 0 Å². The van der Waals surface area contributed by atoms with Crippen molar-refractivity contribution < 1.29 is 4.92 Å². The molecule has 0 spiro atoms. The largest absolute Gasteiger partial charge is 0.362 e. The van der Waals surface area contributed by atoms with Crippen molar-refractivity contribution in [3.63, 3.8) is 0 Å². The number of halogens is 1. The number of anilines is 1. The molecule has 1 aliphatic rings. The molecule has 104 valence electrons. The highest BCUT2D eigenvalue weighted by molar-refractivity contribution is 9.10. The highest BCUT2D eigenvalue weighted by Crippen LogP contribution is 2.33. The molecule has 1 aromatic rings. The number of nitro groups is 1. The molecule has 0 bridgehead atoms. The third-order valence-electron chi connectivity index (χ3n) is 3.50. The average Bonchev–Trinajstić information content (AvgIpc) is 2.42. The molecule has 1 fully saturated rings. The van der Waals surface area contributed by atoms with Crippen molar-refractivity contribution in [2.75, 3.05) is 24.5 Å². The predicted octanol–water partition coefficient (Wildman–Crippen LogP) is 2.94. The summed E-state index contributed by atoms with van der Waals surface area (Å²) < 4.78 is 0.737. The molecule has 1 N–H and O–H groups in total. The lowest BCUT2D eigenvalue weighted by Crippen LogP contribution is -2.46. The van der Waals surface area contributed by atoms with Crippen LogP contribution in [0.5, 0.6) is 0 Å². The van der Waals surface area contributed by atoms with E-state index in [9.17, 15) is 10.1 Å². The minimum atomic E-state index is -0.307. The van der Waals surface area contributed by atoms with E-state index in [4.69, 9.17) is 0 Å². The van der Waals surface area contributed by atoms with Crippen molar-refractivity contribution in [2.24, 2.45) is 0 Å². The van der Waals surface area contributed by atoms with Gasteiger partial charge in [0.15, 0.2) is 0 Å². The maximum absolute atomic E-state index is 11.2. The second-order valence-corrected chi connectivity index (χ2v) is 5.59. The van der Waals surface area contributed by atoms with Crippen LogP contribution >= 0.6 is 15.9 Å². The monoisotopic (exact) mass is 327 g/mol. The molecule has 6 heteroatoms. The number of nitrogens with one attached hydrogen (secondary N) is 1. The molecule has 1 atom stereocenters. The number of hydrogen-bond donors (Lipinski definition) is 1. The topological polar surface area (TPSA) is 58.4 Å². The van der Waals surface area contributed by atoms with Crippen LogP contribution in [0.4, 0.5) is 11.4 Å². The number of likely N-dealkylation sites (N-methyl/N-ethyl adjacent to an activating group) is 1. The molecule has 0 radical (unpaired) electrons. The van der Waals surface area contributed by atoms with Gasteiger partial charge in [-0.1, -0.05) is 15.9 Å². The maximum atomic E-state index is 11.2. The molecule has 0 aliphatic carbocycles. The first-order valence-corrected chi connectivity index (χ1v) is 7.34. The van der Waals surface area contributed by atoms with Crippen LogP contribution < -0.4 is 10.2 Å². The fourth-order valence-corrected chi connectivity index (χ4v) is 2.96. The number of benzene rings is 1. The van der Waals surface area contributed by atoms with Gasteiger partial charge in [-0.15, -0.1) is 0 Å². The molecule has 2 rings (SSSR count). The van der Waals surface area contributed by atoms with Gasteiger partial charge in [0, 0.05) is 29.7 Å². The molecular formula is C13H18BrN3O2. The van der Waals surface area contributed by atoms with Gasteiger partial charge < -0.3 is 10.2 Å². The van der Waals surface area contributed by atoms with Gasteiger partial charge in [-0.25, -0.2) is 0 Å². The van der Waals surface area contributed by atoms with Crippen LogP contribution in [0.3, 0.4) is 0 Å². The molecule has 0 aromatic heterocycles. The Kier molecular flexibility index (Phi) is 4.76. The number of hydrogen-bond acceptors (Lipinski definition) is 4. The van der Waals surface area contributed by atoms with Crippen molar-refractivity contribution in [3.8, 4) is 0 Å². The first kappa shape index (κ1) is 14.3. The molecule has 0 amide bonds. The minimum Gasteiger partial charge on any atom is -0.362 e. The van der Waals surface area contributed by atoms with E-state index < -0.39 is 0 Å². The van der Waals surface area contributed by atoms with Crippen LogP contribution in [0.1, 0.15) is 19.8 Å². The summed E-state index contributed by atoms with van der Waals surface area (Å²) in [7, 11) is 0. The standard InChI is InChI=1S/C13H18BrN3O2/c1-2-16(11-4-3-7-15-9-11)12-6-5-10(14)8-13(12)17(18)19/h5-6,8,11,15H,2-4,7,9H2,1H3. The van der Waals surface area contributed by atoms with Gasteiger partial charge in [0.2, 0.25) is 0 Å². The Bertz CT molecular complexity index is 461. The number of nitro benzene ring substituents is 1. The zero-order valence-corrected chi connectivity index (χ0v) is 12.5. The lowest BCUT2D eigenvalue weighted by Gasteiger charge is -2.35. The molecule has 1 unspecified atom stereocenters. The van der Waals surface area contributed by atoms with Crippen LogP contribution in [0, 0.1) is 10.1 Å². The van der Waals surface area contributed by atoms with Crippen LogP contribution in [-0.4, -0.2) is 30.6 Å². The number of nitrogens with zero attached hydrogens (tertiary/aromatic N) is 2. The van der Waals surface area contributed by atoms with Crippen LogP contribution in [0.25, 0.3) is 0 Å². The fraction of sp³-hybridized carbons (Fsp3) is 0.538. The highest BCUT2D eigenvalue weighted by atomic mass is 79.9. The Hall–Kier alpha value is -1.14. The summed E-state index contributed by atoms with van der Waals surface area (Å²) in [5.74, 6) is 0. The van der Waals surface area contributed by atoms with Crippen LogP contribution in [-0.2, 0) is 0 Å². The van der Waals surface area contributed by atoms with Crippen LogP contribution in [0.2, 0.25) is 0 Å². The molecule has 0 saturated carbocycles. The van der Waals surface area contributed by atoms with Gasteiger partial charge in [0.05, 0.1) is 4.92 Å². The summed E-state index contributed by atoms with van der Waals surface area (Å²) in [6, 6.07) is 5.61. The summed E-state index contributed by atoms with van der Waals surface area (Å²) in [5, 5.41) is 14.6. The average molecular weight is 328 g/mol. The van der Waals surface area contributed by atoms with Crippen molar-refractivity contribution >= 4 is 27.3 Å². The van der Waals surface area contributed by atoms with Gasteiger partial charge >= 0.3 is 0 Å². The summed E-state index contributed by atoms with van der Waals surface area (Å²) in [5.41, 5.74) is 0.881. The molecule has 1 heterocycles. The number of rotatable bonds is 4. The summed E-state index contributed by atoms with van der Waals surface area (Å²) in [6.45, 7) is 4.74. The Balaban J connectivity index is 2.34. The zero-order valence-electron chi connectivity index (χ0n) is 10.9. The second-order valence-electron chi connectivity index (χ2n) is 4.68. The summed E-state index contributed by atoms with van der Waals surface area (Å²) >= 11 is 3.30. The molecule has 1 aromatic carbocycles. The highest BCUT2D eigenvalue weighted by Gasteiger charge is 2.25. The maximum Gasteiger partial charge on any atom is 0.293 e. The quantitative estimate of drug-likeness (QED) is 0.682. The Morgan fingerprint density at radius 3 is 2.95 bits per heavy atom. The van der Waals surface area contributed by atoms with E-state index in [1.54, 1.807) is 6.07 Å². The fourth-order valence-electron chi connectivity index (χ4n) is 2.61. The Morgan fingerprint density at radius 1 is 1.58 bits per heavy atom. The summed E-state index contributed by atoms with van der Waals surface area (Å²) in [6.07, 6.45) is 2.19. The first-order valence-electron chi connectivity index (χ1n) is 6.54. The van der Waals surface area contributed by atoms with Crippen molar-refractivity contribution in [2.45, 2.75) is 25.8 Å². The predicted molar refractivity (Wildman–Crippen MR) is 79.7 cm³/mol. The van der Waals surface area contributed by atoms with Gasteiger partial charge in [0.1, 0.15) is 5.69 Å². The zero-order chi connectivity index (χ0) is 13.8. The molecule has 5 nitrogen and oxygen atoms in total. The van der Waals surface area contributed by atoms with Gasteiger partial charge in [-0.05, 0) is 38.4 Å². The van der Waals surface area contributed by atoms with Crippen molar-refractivity contribution in [1.29, 1.82) is 0 Å². The van der Waals surface area contributed by atoms with E-state index in [-0.39, 0.29) is 10.6 Å². The lowest BCUT2D eigenvalue weighted by atomic mass is 10.0. The third-order valence-corrected chi connectivity index (χ3v) is 3.99. The summed E-state index contributed by atoms with van der Waals surface area (Å²) in [4.78, 5) is 13.0. The van der Waals surface area contributed by atoms with Crippen LogP contribution in [0.15, 0.2) is 22.7 Å². The van der Waals surface area contributed by atoms with Gasteiger partial charge in [-0.2, -0.15) is 0 Å². The number of piperidine rings is 1. The minimum absolute atomic E-state index is 0.168. The van der Waals surface area contributed by atoms with E-state index >= 15 is 0 Å². The molecule has 1 saturated heterocycles. The Morgan fingerprint density at radius 2 is 2.37 bits per heavy atom. The lowest BCUT2D eigenvalue weighted by molar-refractivity contribution is -0.384. The van der Waals surface area contributed by atoms with Gasteiger partial charge in [-0.3, -0.25) is 10.1 Å². The third kappa shape index (κ3) is 3.25. The van der Waals surface area contributed by atoms with Crippen molar-refractivity contribution in [1.82, 2.24) is 5.32 Å². The molecule has 19 heavy (non-hydrogen) atoms. The second kappa shape index (κ2) is 6.34. The van der Waals surface area contributed by atoms with E-state index in [0.717, 1.165) is 36.9 Å². The smallest absolute Gasteiger partial charge is 0.293 e. The van der Waals surface area contributed by atoms with Gasteiger partial charge in [0.25, 0.3) is 5.69 Å². The molecular weight excluding hydrogens is 310 g/mol. The SMILES string of the molecule is CCN(c1ccc(Br)cc1[N+](=O)[O-])C1CCCNC1. The van der Waals surface area contributed by atoms with Crippen molar-refractivity contribution in [3.05, 3.63) is 32.8 Å². The molecule has 1 aliphatic heterocycles. The normalized spacial score (nSPS) is 19.2. The Labute approximate surface area is 121 Å².